The van der Waals surface area contributed by atoms with Crippen LogP contribution in [-0.2, 0) is 4.74 Å². The van der Waals surface area contributed by atoms with Gasteiger partial charge >= 0.3 is 0 Å². The molecule has 1 aliphatic heterocycles. The first-order valence-electron chi connectivity index (χ1n) is 3.58. The molecule has 0 amide bonds. The van der Waals surface area contributed by atoms with Crippen LogP contribution in [0.25, 0.3) is 0 Å². The van der Waals surface area contributed by atoms with Crippen LogP contribution in [0.1, 0.15) is 0 Å². The van der Waals surface area contributed by atoms with E-state index in [9.17, 15) is 5.11 Å². The Hall–Kier alpha value is -0.620. The van der Waals surface area contributed by atoms with E-state index in [0.717, 1.165) is 0 Å². The molecule has 4 atom stereocenters. The monoisotopic (exact) mass is 176 g/mol. The largest absolute Gasteiger partial charge is 0.487 e. The fourth-order valence-corrected chi connectivity index (χ4v) is 1.09. The predicted molar refractivity (Wildman–Crippen MR) is 39.1 cm³/mol. The van der Waals surface area contributed by atoms with Gasteiger partial charge in [0.15, 0.2) is 6.10 Å². The lowest BCUT2D eigenvalue weighted by Gasteiger charge is -2.18. The summed E-state index contributed by atoms with van der Waals surface area (Å²) >= 11 is 0. The van der Waals surface area contributed by atoms with Gasteiger partial charge in [0.25, 0.3) is 0 Å². The molecule has 0 spiro atoms. The van der Waals surface area contributed by atoms with Crippen LogP contribution in [0.2, 0.25) is 0 Å². The molecule has 1 saturated heterocycles. The molecule has 0 radical (unpaired) electrons. The first-order chi connectivity index (χ1) is 5.57. The lowest BCUT2D eigenvalue weighted by molar-refractivity contribution is -0.0628. The molecule has 0 aromatic heterocycles. The first kappa shape index (κ1) is 9.47. The highest BCUT2D eigenvalue weighted by molar-refractivity contribution is 5.07. The fourth-order valence-electron chi connectivity index (χ4n) is 1.09. The zero-order valence-electron chi connectivity index (χ0n) is 6.42. The van der Waals surface area contributed by atoms with Gasteiger partial charge in [-0.1, -0.05) is 6.58 Å². The van der Waals surface area contributed by atoms with Crippen molar-refractivity contribution in [2.24, 2.45) is 0 Å². The number of aliphatic hydroxyl groups excluding tert-OH is 4. The van der Waals surface area contributed by atoms with Crippen molar-refractivity contribution in [2.45, 2.75) is 24.4 Å². The van der Waals surface area contributed by atoms with Gasteiger partial charge in [0.2, 0.25) is 0 Å². The molecule has 1 rings (SSSR count). The van der Waals surface area contributed by atoms with Crippen LogP contribution in [0.5, 0.6) is 0 Å². The molecule has 4 N–H and O–H groups in total. The summed E-state index contributed by atoms with van der Waals surface area (Å²) in [6.07, 6.45) is -4.60. The molecule has 70 valence electrons. The van der Waals surface area contributed by atoms with Crippen LogP contribution in [0.3, 0.4) is 0 Å². The Kier molecular flexibility index (Phi) is 2.69. The Morgan fingerprint density at radius 3 is 2.42 bits per heavy atom. The van der Waals surface area contributed by atoms with E-state index in [0.29, 0.717) is 0 Å². The van der Waals surface area contributed by atoms with Gasteiger partial charge in [0, 0.05) is 0 Å². The Morgan fingerprint density at radius 2 is 2.08 bits per heavy atom. The number of rotatable bonds is 2. The maximum Gasteiger partial charge on any atom is 0.155 e. The van der Waals surface area contributed by atoms with Crippen molar-refractivity contribution in [1.82, 2.24) is 0 Å². The van der Waals surface area contributed by atoms with Gasteiger partial charge in [-0.15, -0.1) is 0 Å². The molecular formula is C7H12O5. The Morgan fingerprint density at radius 1 is 1.50 bits per heavy atom. The van der Waals surface area contributed by atoms with Crippen LogP contribution < -0.4 is 0 Å². The second-order valence-corrected chi connectivity index (χ2v) is 2.73. The SMILES string of the molecule is C=C1O[C@H]([C@H](O)CO)[C@H](O)[C@H]1O. The summed E-state index contributed by atoms with van der Waals surface area (Å²) in [4.78, 5) is 0. The number of ether oxygens (including phenoxy) is 1. The van der Waals surface area contributed by atoms with Crippen molar-refractivity contribution >= 4 is 0 Å². The fraction of sp³-hybridized carbons (Fsp3) is 0.714. The van der Waals surface area contributed by atoms with Crippen molar-refractivity contribution < 1.29 is 25.2 Å². The molecular weight excluding hydrogens is 164 g/mol. The molecule has 1 fully saturated rings. The van der Waals surface area contributed by atoms with E-state index >= 15 is 0 Å². The summed E-state index contributed by atoms with van der Waals surface area (Å²) in [6, 6.07) is 0. The molecule has 5 nitrogen and oxygen atoms in total. The standard InChI is InChI=1S/C7H12O5/c1-3-5(10)6(11)7(12-3)4(9)2-8/h4-11H,1-2H2/t4-,5+,6-,7-/m1/s1. The molecule has 0 aliphatic carbocycles. The molecule has 0 unspecified atom stereocenters. The summed E-state index contributed by atoms with van der Waals surface area (Å²) < 4.78 is 4.83. The van der Waals surface area contributed by atoms with Crippen LogP contribution in [0.4, 0.5) is 0 Å². The van der Waals surface area contributed by atoms with E-state index in [-0.39, 0.29) is 5.76 Å². The summed E-state index contributed by atoms with van der Waals surface area (Å²) in [6.45, 7) is 2.80. The van der Waals surface area contributed by atoms with Gasteiger partial charge in [-0.2, -0.15) is 0 Å². The quantitative estimate of drug-likeness (QED) is 0.390. The van der Waals surface area contributed by atoms with E-state index in [2.05, 4.69) is 6.58 Å². The molecule has 0 aromatic rings. The minimum absolute atomic E-state index is 0.0139. The Bertz CT molecular complexity index is 181. The van der Waals surface area contributed by atoms with Crippen molar-refractivity contribution in [3.8, 4) is 0 Å². The zero-order valence-corrected chi connectivity index (χ0v) is 6.42. The molecule has 5 heteroatoms. The Labute approximate surface area is 69.5 Å². The molecule has 1 heterocycles. The first-order valence-corrected chi connectivity index (χ1v) is 3.58. The molecule has 1 aliphatic rings. The average molecular weight is 176 g/mol. The summed E-state index contributed by atoms with van der Waals surface area (Å²) in [5, 5.41) is 35.9. The molecule has 0 saturated carbocycles. The predicted octanol–water partition coefficient (Wildman–Crippen LogP) is -2.03. The summed E-state index contributed by atoms with van der Waals surface area (Å²) in [5.41, 5.74) is 0. The van der Waals surface area contributed by atoms with Crippen LogP contribution in [0, 0.1) is 0 Å². The number of hydrogen-bond donors (Lipinski definition) is 4. The lowest BCUT2D eigenvalue weighted by Crippen LogP contribution is -2.40. The van der Waals surface area contributed by atoms with E-state index in [4.69, 9.17) is 20.1 Å². The third kappa shape index (κ3) is 1.44. The van der Waals surface area contributed by atoms with Crippen molar-refractivity contribution in [3.63, 3.8) is 0 Å². The second-order valence-electron chi connectivity index (χ2n) is 2.73. The van der Waals surface area contributed by atoms with Crippen LogP contribution in [-0.4, -0.2) is 51.4 Å². The van der Waals surface area contributed by atoms with Gasteiger partial charge in [0.05, 0.1) is 6.61 Å². The zero-order chi connectivity index (χ0) is 9.30. The molecule has 0 aromatic carbocycles. The van der Waals surface area contributed by atoms with Gasteiger partial charge in [-0.3, -0.25) is 0 Å². The molecule has 12 heavy (non-hydrogen) atoms. The Balaban J connectivity index is 2.64. The highest BCUT2D eigenvalue weighted by Gasteiger charge is 2.42. The van der Waals surface area contributed by atoms with Crippen LogP contribution >= 0.6 is 0 Å². The third-order valence-electron chi connectivity index (χ3n) is 1.84. The van der Waals surface area contributed by atoms with E-state index in [1.54, 1.807) is 0 Å². The normalized spacial score (nSPS) is 38.0. The third-order valence-corrected chi connectivity index (χ3v) is 1.84. The van der Waals surface area contributed by atoms with E-state index in [1.807, 2.05) is 0 Å². The molecule has 0 bridgehead atoms. The topological polar surface area (TPSA) is 90.2 Å². The smallest absolute Gasteiger partial charge is 0.155 e. The van der Waals surface area contributed by atoms with Crippen molar-refractivity contribution in [1.29, 1.82) is 0 Å². The second kappa shape index (κ2) is 3.40. The maximum atomic E-state index is 9.22. The highest BCUT2D eigenvalue weighted by Crippen LogP contribution is 2.24. The minimum Gasteiger partial charge on any atom is -0.487 e. The van der Waals surface area contributed by atoms with Gasteiger partial charge in [0.1, 0.15) is 24.1 Å². The lowest BCUT2D eigenvalue weighted by atomic mass is 10.1. The maximum absolute atomic E-state index is 9.22. The van der Waals surface area contributed by atoms with E-state index in [1.165, 1.54) is 0 Å². The number of aliphatic hydroxyl groups is 4. The van der Waals surface area contributed by atoms with Gasteiger partial charge in [-0.05, 0) is 0 Å². The highest BCUT2D eigenvalue weighted by atomic mass is 16.5. The van der Waals surface area contributed by atoms with Crippen molar-refractivity contribution in [3.05, 3.63) is 12.3 Å². The van der Waals surface area contributed by atoms with E-state index < -0.39 is 31.0 Å². The summed E-state index contributed by atoms with van der Waals surface area (Å²) in [5.74, 6) is 0.0139. The number of hydrogen-bond acceptors (Lipinski definition) is 5. The van der Waals surface area contributed by atoms with Crippen molar-refractivity contribution in [2.75, 3.05) is 6.61 Å². The summed E-state index contributed by atoms with van der Waals surface area (Å²) in [7, 11) is 0. The van der Waals surface area contributed by atoms with Gasteiger partial charge < -0.3 is 25.2 Å². The van der Waals surface area contributed by atoms with Crippen LogP contribution in [0.15, 0.2) is 12.3 Å². The van der Waals surface area contributed by atoms with Gasteiger partial charge in [-0.25, -0.2) is 0 Å². The average Bonchev–Trinajstić information content (AvgIpc) is 2.32. The minimum atomic E-state index is -1.22.